The molecular weight excluding hydrogens is 466 g/mol. The van der Waals surface area contributed by atoms with Crippen LogP contribution in [0.25, 0.3) is 0 Å². The van der Waals surface area contributed by atoms with Gasteiger partial charge in [0.2, 0.25) is 0 Å². The Labute approximate surface area is 201 Å². The van der Waals surface area contributed by atoms with Gasteiger partial charge in [-0.3, -0.25) is 4.98 Å². The molecule has 34 heavy (non-hydrogen) atoms. The highest BCUT2D eigenvalue weighted by atomic mass is 35.5. The Kier molecular flexibility index (Phi) is 7.55. The summed E-state index contributed by atoms with van der Waals surface area (Å²) in [6.45, 7) is 3.20. The lowest BCUT2D eigenvalue weighted by molar-refractivity contribution is -0.137. The molecule has 1 aliphatic heterocycles. The van der Waals surface area contributed by atoms with Crippen LogP contribution in [0.15, 0.2) is 66.9 Å². The average Bonchev–Trinajstić information content (AvgIpc) is 3.32. The molecule has 0 radical (unpaired) electrons. The predicted molar refractivity (Wildman–Crippen MR) is 125 cm³/mol. The van der Waals surface area contributed by atoms with Gasteiger partial charge in [0.05, 0.1) is 21.8 Å². The number of benzene rings is 2. The van der Waals surface area contributed by atoms with Gasteiger partial charge in [-0.05, 0) is 67.4 Å². The zero-order valence-corrected chi connectivity index (χ0v) is 19.3. The van der Waals surface area contributed by atoms with Crippen LogP contribution in [0.1, 0.15) is 35.2 Å². The van der Waals surface area contributed by atoms with Crippen LogP contribution in [0, 0.1) is 5.82 Å². The molecule has 1 unspecified atom stereocenters. The third-order valence-electron chi connectivity index (χ3n) is 6.25. The Balaban J connectivity index is 1.84. The maximum absolute atomic E-state index is 14.6. The van der Waals surface area contributed by atoms with E-state index < -0.39 is 23.1 Å². The van der Waals surface area contributed by atoms with Crippen LogP contribution >= 0.6 is 11.6 Å². The van der Waals surface area contributed by atoms with E-state index in [0.717, 1.165) is 50.2 Å². The van der Waals surface area contributed by atoms with Gasteiger partial charge in [-0.15, -0.1) is 0 Å². The molecule has 1 N–H and O–H groups in total. The van der Waals surface area contributed by atoms with Crippen molar-refractivity contribution in [1.29, 1.82) is 0 Å². The van der Waals surface area contributed by atoms with E-state index in [1.807, 2.05) is 30.3 Å². The Morgan fingerprint density at radius 1 is 0.941 bits per heavy atom. The van der Waals surface area contributed by atoms with E-state index in [2.05, 4.69) is 15.2 Å². The van der Waals surface area contributed by atoms with Gasteiger partial charge in [-0.2, -0.15) is 13.2 Å². The van der Waals surface area contributed by atoms with Crippen molar-refractivity contribution in [3.8, 4) is 0 Å². The summed E-state index contributed by atoms with van der Waals surface area (Å²) in [7, 11) is 0. The number of rotatable bonds is 8. The molecule has 4 rings (SSSR count). The van der Waals surface area contributed by atoms with Gasteiger partial charge in [0.1, 0.15) is 5.82 Å². The topological polar surface area (TPSA) is 28.2 Å². The third kappa shape index (κ3) is 5.77. The van der Waals surface area contributed by atoms with Gasteiger partial charge < -0.3 is 10.2 Å². The summed E-state index contributed by atoms with van der Waals surface area (Å²) in [5, 5.41) is 3.89. The van der Waals surface area contributed by atoms with Crippen molar-refractivity contribution in [2.45, 2.75) is 31.0 Å². The molecule has 0 spiro atoms. The number of nitrogens with zero attached hydrogens (tertiary/aromatic N) is 2. The summed E-state index contributed by atoms with van der Waals surface area (Å²) < 4.78 is 55.5. The molecule has 1 aromatic heterocycles. The number of likely N-dealkylation sites (tertiary alicyclic amines) is 1. The molecule has 3 aromatic rings. The number of pyridine rings is 1. The molecule has 0 aliphatic carbocycles. The second kappa shape index (κ2) is 10.4. The molecule has 0 saturated carbocycles. The third-order valence-corrected chi connectivity index (χ3v) is 6.47. The maximum Gasteiger partial charge on any atom is 0.416 e. The van der Waals surface area contributed by atoms with E-state index in [0.29, 0.717) is 23.3 Å². The SMILES string of the molecule is Fc1cc(C(F)(F)F)cc(C(Cc2ccccc2)(NCCN2CCCC2)c2ccc(Cl)cn2)c1. The molecule has 180 valence electrons. The molecule has 8 heteroatoms. The van der Waals surface area contributed by atoms with Gasteiger partial charge in [-0.1, -0.05) is 41.9 Å². The lowest BCUT2D eigenvalue weighted by Gasteiger charge is -2.36. The smallest absolute Gasteiger partial charge is 0.302 e. The van der Waals surface area contributed by atoms with E-state index in [-0.39, 0.29) is 12.0 Å². The average molecular weight is 492 g/mol. The molecule has 1 saturated heterocycles. The molecule has 0 amide bonds. The lowest BCUT2D eigenvalue weighted by Crippen LogP contribution is -2.48. The highest BCUT2D eigenvalue weighted by Crippen LogP contribution is 2.37. The molecular formula is C26H26ClF4N3. The van der Waals surface area contributed by atoms with Gasteiger partial charge in [0, 0.05) is 25.7 Å². The number of hydrogen-bond acceptors (Lipinski definition) is 3. The van der Waals surface area contributed by atoms with Crippen LogP contribution in [-0.2, 0) is 18.1 Å². The van der Waals surface area contributed by atoms with E-state index in [1.165, 1.54) is 6.20 Å². The highest BCUT2D eigenvalue weighted by Gasteiger charge is 2.39. The summed E-state index contributed by atoms with van der Waals surface area (Å²) in [5.74, 6) is -0.947. The molecule has 1 fully saturated rings. The molecule has 0 bridgehead atoms. The molecule has 1 aliphatic rings. The van der Waals surface area contributed by atoms with Crippen molar-refractivity contribution in [3.05, 3.63) is 100 Å². The highest BCUT2D eigenvalue weighted by molar-refractivity contribution is 6.30. The van der Waals surface area contributed by atoms with E-state index >= 15 is 0 Å². The summed E-state index contributed by atoms with van der Waals surface area (Å²) in [6.07, 6.45) is -0.677. The minimum Gasteiger partial charge on any atom is -0.302 e. The quantitative estimate of drug-likeness (QED) is 0.388. The fourth-order valence-electron chi connectivity index (χ4n) is 4.56. The lowest BCUT2D eigenvalue weighted by atomic mass is 9.79. The van der Waals surface area contributed by atoms with Crippen LogP contribution < -0.4 is 5.32 Å². The van der Waals surface area contributed by atoms with E-state index in [4.69, 9.17) is 11.6 Å². The van der Waals surface area contributed by atoms with Gasteiger partial charge >= 0.3 is 6.18 Å². The molecule has 2 heterocycles. The van der Waals surface area contributed by atoms with Gasteiger partial charge in [0.15, 0.2) is 0 Å². The molecule has 1 atom stereocenters. The number of nitrogens with one attached hydrogen (secondary N) is 1. The second-order valence-electron chi connectivity index (χ2n) is 8.63. The predicted octanol–water partition coefficient (Wildman–Crippen LogP) is 6.06. The Morgan fingerprint density at radius 2 is 1.65 bits per heavy atom. The first kappa shape index (κ1) is 24.6. The van der Waals surface area contributed by atoms with Crippen LogP contribution in [0.3, 0.4) is 0 Å². The van der Waals surface area contributed by atoms with Crippen molar-refractivity contribution in [2.75, 3.05) is 26.2 Å². The first-order valence-electron chi connectivity index (χ1n) is 11.3. The number of aromatic nitrogens is 1. The summed E-state index contributed by atoms with van der Waals surface area (Å²) in [6, 6.07) is 15.4. The number of halogens is 5. The fourth-order valence-corrected chi connectivity index (χ4v) is 4.67. The summed E-state index contributed by atoms with van der Waals surface area (Å²) >= 11 is 6.07. The fraction of sp³-hybridized carbons (Fsp3) is 0.346. The Morgan fingerprint density at radius 3 is 2.29 bits per heavy atom. The minimum absolute atomic E-state index is 0.167. The van der Waals surface area contributed by atoms with Gasteiger partial charge in [0.25, 0.3) is 0 Å². The van der Waals surface area contributed by atoms with E-state index in [9.17, 15) is 17.6 Å². The van der Waals surface area contributed by atoms with Crippen molar-refractivity contribution >= 4 is 11.6 Å². The minimum atomic E-state index is -4.68. The Hall–Kier alpha value is -2.48. The van der Waals surface area contributed by atoms with Crippen LogP contribution in [0.5, 0.6) is 0 Å². The first-order valence-corrected chi connectivity index (χ1v) is 11.7. The summed E-state index contributed by atoms with van der Waals surface area (Å²) in [5.41, 5.74) is -0.713. The van der Waals surface area contributed by atoms with Crippen LogP contribution in [0.2, 0.25) is 5.02 Å². The monoisotopic (exact) mass is 491 g/mol. The maximum atomic E-state index is 14.6. The van der Waals surface area contributed by atoms with Crippen molar-refractivity contribution in [3.63, 3.8) is 0 Å². The standard InChI is InChI=1S/C26H26ClF4N3/c27-22-8-9-24(32-18-22)25(17-19-6-2-1-3-7-19,33-10-13-34-11-4-5-12-34)20-14-21(26(29,30)31)16-23(28)15-20/h1-3,6-9,14-16,18,33H,4-5,10-13,17H2. The van der Waals surface area contributed by atoms with Crippen LogP contribution in [-0.4, -0.2) is 36.1 Å². The van der Waals surface area contributed by atoms with Crippen LogP contribution in [0.4, 0.5) is 17.6 Å². The van der Waals surface area contributed by atoms with Crippen molar-refractivity contribution in [1.82, 2.24) is 15.2 Å². The molecule has 3 nitrogen and oxygen atoms in total. The second-order valence-corrected chi connectivity index (χ2v) is 9.07. The zero-order chi connectivity index (χ0) is 24.2. The number of alkyl halides is 3. The first-order chi connectivity index (χ1) is 16.3. The zero-order valence-electron chi connectivity index (χ0n) is 18.6. The Bertz CT molecular complexity index is 1080. The largest absolute Gasteiger partial charge is 0.416 e. The molecule has 2 aromatic carbocycles. The van der Waals surface area contributed by atoms with E-state index in [1.54, 1.807) is 12.1 Å². The normalized spacial score (nSPS) is 16.5. The number of hydrogen-bond donors (Lipinski definition) is 1. The van der Waals surface area contributed by atoms with Gasteiger partial charge in [-0.25, -0.2) is 4.39 Å². The summed E-state index contributed by atoms with van der Waals surface area (Å²) in [4.78, 5) is 6.79. The van der Waals surface area contributed by atoms with Crippen molar-refractivity contribution < 1.29 is 17.6 Å². The van der Waals surface area contributed by atoms with Crippen molar-refractivity contribution in [2.24, 2.45) is 0 Å².